The number of benzene rings is 2. The molecule has 0 saturated heterocycles. The fraction of sp³-hybridized carbons (Fsp3) is 0.286. The Balaban J connectivity index is 2.25. The standard InChI is InChI=1S/C21H24N2O4/c1-4-14-6-5-7-17(12-14)15-8-10-16(11-9-15)21(27)23(3)19(18(25)13-24)20(26)22-2/h5-12,19,24H,4,13H2,1-3H3,(H,22,26). The first-order valence-corrected chi connectivity index (χ1v) is 8.74. The number of hydrogen-bond donors (Lipinski definition) is 2. The van der Waals surface area contributed by atoms with Gasteiger partial charge in [0, 0.05) is 19.7 Å². The minimum Gasteiger partial charge on any atom is -0.388 e. The highest BCUT2D eigenvalue weighted by molar-refractivity contribution is 6.10. The third-order valence-electron chi connectivity index (χ3n) is 4.46. The largest absolute Gasteiger partial charge is 0.388 e. The van der Waals surface area contributed by atoms with Crippen molar-refractivity contribution >= 4 is 17.6 Å². The van der Waals surface area contributed by atoms with E-state index < -0.39 is 30.2 Å². The molecule has 0 aliphatic heterocycles. The van der Waals surface area contributed by atoms with Gasteiger partial charge in [0.1, 0.15) is 6.61 Å². The molecule has 2 rings (SSSR count). The highest BCUT2D eigenvalue weighted by Crippen LogP contribution is 2.22. The summed E-state index contributed by atoms with van der Waals surface area (Å²) in [6.45, 7) is 1.27. The molecule has 27 heavy (non-hydrogen) atoms. The minimum absolute atomic E-state index is 0.354. The number of aliphatic hydroxyl groups excluding tert-OH is 1. The second-order valence-electron chi connectivity index (χ2n) is 6.19. The van der Waals surface area contributed by atoms with Gasteiger partial charge in [-0.15, -0.1) is 0 Å². The van der Waals surface area contributed by atoms with Gasteiger partial charge in [-0.2, -0.15) is 0 Å². The lowest BCUT2D eigenvalue weighted by Crippen LogP contribution is -2.52. The predicted molar refractivity (Wildman–Crippen MR) is 103 cm³/mol. The van der Waals surface area contributed by atoms with E-state index in [0.717, 1.165) is 22.4 Å². The maximum Gasteiger partial charge on any atom is 0.254 e. The molecule has 0 fully saturated rings. The summed E-state index contributed by atoms with van der Waals surface area (Å²) >= 11 is 0. The van der Waals surface area contributed by atoms with Gasteiger partial charge in [0.15, 0.2) is 11.8 Å². The lowest BCUT2D eigenvalue weighted by atomic mass is 10.0. The first-order valence-electron chi connectivity index (χ1n) is 8.74. The maximum absolute atomic E-state index is 12.7. The Kier molecular flexibility index (Phi) is 6.85. The van der Waals surface area contributed by atoms with Crippen LogP contribution in [0.5, 0.6) is 0 Å². The van der Waals surface area contributed by atoms with E-state index in [0.29, 0.717) is 5.56 Å². The second-order valence-corrected chi connectivity index (χ2v) is 6.19. The number of Topliss-reactive ketones (excluding diaryl/α,β-unsaturated/α-hetero) is 1. The average Bonchev–Trinajstić information content (AvgIpc) is 2.72. The number of amides is 2. The summed E-state index contributed by atoms with van der Waals surface area (Å²) < 4.78 is 0. The normalized spacial score (nSPS) is 11.6. The van der Waals surface area contributed by atoms with Crippen LogP contribution in [0.1, 0.15) is 22.8 Å². The zero-order chi connectivity index (χ0) is 20.0. The number of aryl methyl sites for hydroxylation is 1. The molecule has 0 aliphatic rings. The van der Waals surface area contributed by atoms with E-state index in [1.165, 1.54) is 19.7 Å². The van der Waals surface area contributed by atoms with Crippen LogP contribution in [0.25, 0.3) is 11.1 Å². The summed E-state index contributed by atoms with van der Waals surface area (Å²) in [5, 5.41) is 11.4. The topological polar surface area (TPSA) is 86.7 Å². The van der Waals surface area contributed by atoms with Crippen molar-refractivity contribution in [3.05, 3.63) is 59.7 Å². The molecule has 0 heterocycles. The Morgan fingerprint density at radius 3 is 2.30 bits per heavy atom. The third-order valence-corrected chi connectivity index (χ3v) is 4.46. The van der Waals surface area contributed by atoms with E-state index in [9.17, 15) is 14.4 Å². The van der Waals surface area contributed by atoms with Crippen molar-refractivity contribution in [2.24, 2.45) is 0 Å². The Bertz CT molecular complexity index is 814. The molecular formula is C21H24N2O4. The van der Waals surface area contributed by atoms with Crippen LogP contribution in [0, 0.1) is 0 Å². The van der Waals surface area contributed by atoms with E-state index in [1.54, 1.807) is 12.1 Å². The summed E-state index contributed by atoms with van der Waals surface area (Å²) in [7, 11) is 2.74. The van der Waals surface area contributed by atoms with Gasteiger partial charge >= 0.3 is 0 Å². The second kappa shape index (κ2) is 9.09. The van der Waals surface area contributed by atoms with Crippen molar-refractivity contribution in [3.8, 4) is 11.1 Å². The van der Waals surface area contributed by atoms with Crippen LogP contribution in [0.4, 0.5) is 0 Å². The van der Waals surface area contributed by atoms with Crippen molar-refractivity contribution < 1.29 is 19.5 Å². The van der Waals surface area contributed by atoms with Gasteiger partial charge in [0.05, 0.1) is 0 Å². The molecule has 1 unspecified atom stereocenters. The Labute approximate surface area is 158 Å². The molecule has 2 amide bonds. The Morgan fingerprint density at radius 2 is 1.74 bits per heavy atom. The van der Waals surface area contributed by atoms with Crippen molar-refractivity contribution in [2.45, 2.75) is 19.4 Å². The van der Waals surface area contributed by atoms with E-state index in [-0.39, 0.29) is 0 Å². The molecule has 0 radical (unpaired) electrons. The number of hydrogen-bond acceptors (Lipinski definition) is 4. The van der Waals surface area contributed by atoms with Crippen LogP contribution in [0.15, 0.2) is 48.5 Å². The minimum atomic E-state index is -1.37. The zero-order valence-electron chi connectivity index (χ0n) is 15.7. The number of carbonyl (C=O) groups is 3. The fourth-order valence-electron chi connectivity index (χ4n) is 2.86. The number of aliphatic hydroxyl groups is 1. The molecule has 0 aromatic heterocycles. The molecule has 142 valence electrons. The van der Waals surface area contributed by atoms with Crippen LogP contribution < -0.4 is 5.32 Å². The van der Waals surface area contributed by atoms with E-state index in [2.05, 4.69) is 24.4 Å². The van der Waals surface area contributed by atoms with E-state index >= 15 is 0 Å². The molecule has 2 aromatic rings. The summed E-state index contributed by atoms with van der Waals surface area (Å²) in [5.41, 5.74) is 3.61. The molecule has 0 spiro atoms. The first-order chi connectivity index (χ1) is 12.9. The van der Waals surface area contributed by atoms with E-state index in [1.807, 2.05) is 24.3 Å². The predicted octanol–water partition coefficient (Wildman–Crippen LogP) is 1.66. The van der Waals surface area contributed by atoms with Gasteiger partial charge < -0.3 is 15.3 Å². The Morgan fingerprint density at radius 1 is 1.07 bits per heavy atom. The number of likely N-dealkylation sites (N-methyl/N-ethyl adjacent to an activating group) is 2. The van der Waals surface area contributed by atoms with Crippen molar-refractivity contribution in [3.63, 3.8) is 0 Å². The van der Waals surface area contributed by atoms with Crippen LogP contribution in [0.3, 0.4) is 0 Å². The number of ketones is 1. The van der Waals surface area contributed by atoms with E-state index in [4.69, 9.17) is 5.11 Å². The van der Waals surface area contributed by atoms with Gasteiger partial charge in [-0.05, 0) is 35.2 Å². The summed E-state index contributed by atoms with van der Waals surface area (Å²) in [4.78, 5) is 37.6. The average molecular weight is 368 g/mol. The molecule has 0 saturated carbocycles. The number of nitrogens with zero attached hydrogens (tertiary/aromatic N) is 1. The summed E-state index contributed by atoms with van der Waals surface area (Å²) in [6, 6.07) is 13.8. The number of rotatable bonds is 7. The van der Waals surface area contributed by atoms with Gasteiger partial charge in [-0.3, -0.25) is 14.4 Å². The monoisotopic (exact) mass is 368 g/mol. The van der Waals surface area contributed by atoms with Gasteiger partial charge in [0.2, 0.25) is 5.91 Å². The van der Waals surface area contributed by atoms with Crippen molar-refractivity contribution in [1.82, 2.24) is 10.2 Å². The van der Waals surface area contributed by atoms with Gasteiger partial charge in [-0.1, -0.05) is 43.3 Å². The van der Waals surface area contributed by atoms with Crippen LogP contribution in [-0.4, -0.2) is 54.3 Å². The third kappa shape index (κ3) is 4.60. The van der Waals surface area contributed by atoms with Gasteiger partial charge in [-0.25, -0.2) is 0 Å². The highest BCUT2D eigenvalue weighted by Gasteiger charge is 2.32. The maximum atomic E-state index is 12.7. The smallest absolute Gasteiger partial charge is 0.254 e. The molecule has 2 aromatic carbocycles. The van der Waals surface area contributed by atoms with Crippen LogP contribution in [0.2, 0.25) is 0 Å². The quantitative estimate of drug-likeness (QED) is 0.728. The van der Waals surface area contributed by atoms with Crippen molar-refractivity contribution in [1.29, 1.82) is 0 Å². The summed E-state index contributed by atoms with van der Waals surface area (Å²) in [6.07, 6.45) is 0.939. The lowest BCUT2D eigenvalue weighted by molar-refractivity contribution is -0.135. The molecule has 2 N–H and O–H groups in total. The molecule has 6 heteroatoms. The number of nitrogens with one attached hydrogen (secondary N) is 1. The number of carbonyl (C=O) groups excluding carboxylic acids is 3. The lowest BCUT2D eigenvalue weighted by Gasteiger charge is -2.25. The Hall–Kier alpha value is -2.99. The van der Waals surface area contributed by atoms with Crippen molar-refractivity contribution in [2.75, 3.05) is 20.7 Å². The fourth-order valence-corrected chi connectivity index (χ4v) is 2.86. The highest BCUT2D eigenvalue weighted by atomic mass is 16.3. The molecule has 0 aliphatic carbocycles. The molecule has 6 nitrogen and oxygen atoms in total. The molecular weight excluding hydrogens is 344 g/mol. The van der Waals surface area contributed by atoms with Crippen LogP contribution >= 0.6 is 0 Å². The molecule has 1 atom stereocenters. The SMILES string of the molecule is CCc1cccc(-c2ccc(C(=O)N(C)C(C(=O)CO)C(=O)NC)cc2)c1. The summed E-state index contributed by atoms with van der Waals surface area (Å²) in [5.74, 6) is -1.85. The molecule has 0 bridgehead atoms. The van der Waals surface area contributed by atoms with Crippen LogP contribution in [-0.2, 0) is 16.0 Å². The van der Waals surface area contributed by atoms with Gasteiger partial charge in [0.25, 0.3) is 5.91 Å². The zero-order valence-corrected chi connectivity index (χ0v) is 15.7. The first kappa shape index (κ1) is 20.3.